The number of halogens is 1. The number of anilines is 1. The fourth-order valence-corrected chi connectivity index (χ4v) is 2.92. The van der Waals surface area contributed by atoms with E-state index < -0.39 is 23.5 Å². The second-order valence-corrected chi connectivity index (χ2v) is 6.62. The number of nitrogens with zero attached hydrogens (tertiary/aromatic N) is 1. The van der Waals surface area contributed by atoms with Crippen molar-refractivity contribution >= 4 is 23.4 Å². The molecular formula is C20H20FN3O3. The van der Waals surface area contributed by atoms with Crippen molar-refractivity contribution in [1.82, 2.24) is 10.9 Å². The highest BCUT2D eigenvalue weighted by Gasteiger charge is 2.35. The van der Waals surface area contributed by atoms with Crippen LogP contribution in [-0.2, 0) is 9.59 Å². The van der Waals surface area contributed by atoms with E-state index in [4.69, 9.17) is 0 Å². The van der Waals surface area contributed by atoms with Gasteiger partial charge >= 0.3 is 0 Å². The number of aryl methyl sites for hydroxylation is 2. The summed E-state index contributed by atoms with van der Waals surface area (Å²) in [4.78, 5) is 38.2. The van der Waals surface area contributed by atoms with Gasteiger partial charge in [-0.2, -0.15) is 0 Å². The standard InChI is InChI=1S/C20H20FN3O3/c1-12-3-8-17(9-13(12)2)24-11-15(10-18(24)25)20(27)23-22-19(26)14-4-6-16(21)7-5-14/h3-9,15H,10-11H2,1-2H3,(H,22,26)(H,23,27)/t15-/m0/s1. The van der Waals surface area contributed by atoms with Crippen LogP contribution in [0.25, 0.3) is 0 Å². The van der Waals surface area contributed by atoms with E-state index in [0.717, 1.165) is 28.9 Å². The third-order valence-corrected chi connectivity index (χ3v) is 4.70. The Balaban J connectivity index is 1.59. The highest BCUT2D eigenvalue weighted by Crippen LogP contribution is 2.26. The summed E-state index contributed by atoms with van der Waals surface area (Å²) in [6.45, 7) is 4.21. The zero-order chi connectivity index (χ0) is 19.6. The van der Waals surface area contributed by atoms with Crippen LogP contribution in [0.5, 0.6) is 0 Å². The average Bonchev–Trinajstić information content (AvgIpc) is 3.04. The lowest BCUT2D eigenvalue weighted by molar-refractivity contribution is -0.126. The lowest BCUT2D eigenvalue weighted by atomic mass is 10.1. The maximum Gasteiger partial charge on any atom is 0.269 e. The first kappa shape index (κ1) is 18.6. The Morgan fingerprint density at radius 2 is 1.74 bits per heavy atom. The van der Waals surface area contributed by atoms with Crippen LogP contribution in [0.15, 0.2) is 42.5 Å². The monoisotopic (exact) mass is 369 g/mol. The number of hydrazine groups is 1. The van der Waals surface area contributed by atoms with E-state index in [2.05, 4.69) is 10.9 Å². The Kier molecular flexibility index (Phi) is 5.21. The molecule has 0 radical (unpaired) electrons. The molecule has 3 rings (SSSR count). The molecule has 0 bridgehead atoms. The molecule has 0 aliphatic carbocycles. The van der Waals surface area contributed by atoms with Crippen molar-refractivity contribution in [3.05, 3.63) is 65.0 Å². The minimum atomic E-state index is -0.562. The number of rotatable bonds is 3. The molecule has 1 aliphatic rings. The van der Waals surface area contributed by atoms with Gasteiger partial charge in [0.25, 0.3) is 5.91 Å². The number of amides is 3. The van der Waals surface area contributed by atoms with Gasteiger partial charge in [0.05, 0.1) is 5.92 Å². The largest absolute Gasteiger partial charge is 0.312 e. The summed E-state index contributed by atoms with van der Waals surface area (Å²) in [5, 5.41) is 0. The topological polar surface area (TPSA) is 78.5 Å². The van der Waals surface area contributed by atoms with Gasteiger partial charge in [-0.05, 0) is 61.4 Å². The second-order valence-electron chi connectivity index (χ2n) is 6.62. The van der Waals surface area contributed by atoms with Crippen molar-refractivity contribution in [1.29, 1.82) is 0 Å². The summed E-state index contributed by atoms with van der Waals surface area (Å²) < 4.78 is 12.9. The van der Waals surface area contributed by atoms with E-state index in [1.54, 1.807) is 4.90 Å². The van der Waals surface area contributed by atoms with Crippen molar-refractivity contribution < 1.29 is 18.8 Å². The van der Waals surface area contributed by atoms with Gasteiger partial charge < -0.3 is 4.90 Å². The number of nitrogens with one attached hydrogen (secondary N) is 2. The fourth-order valence-electron chi connectivity index (χ4n) is 2.92. The Hall–Kier alpha value is -3.22. The zero-order valence-electron chi connectivity index (χ0n) is 15.1. The Labute approximate surface area is 156 Å². The molecule has 1 atom stereocenters. The number of carbonyl (C=O) groups is 3. The van der Waals surface area contributed by atoms with Gasteiger partial charge in [-0.25, -0.2) is 4.39 Å². The first-order chi connectivity index (χ1) is 12.8. The van der Waals surface area contributed by atoms with Crippen LogP contribution in [0.2, 0.25) is 0 Å². The summed E-state index contributed by atoms with van der Waals surface area (Å²) in [6.07, 6.45) is 0.0746. The van der Waals surface area contributed by atoms with Crippen LogP contribution in [-0.4, -0.2) is 24.3 Å². The molecule has 1 heterocycles. The molecule has 3 amide bonds. The third kappa shape index (κ3) is 4.13. The molecule has 2 N–H and O–H groups in total. The minimum absolute atomic E-state index is 0.0746. The summed E-state index contributed by atoms with van der Waals surface area (Å²) in [5.41, 5.74) is 7.80. The van der Waals surface area contributed by atoms with Crippen LogP contribution >= 0.6 is 0 Å². The first-order valence-corrected chi connectivity index (χ1v) is 8.58. The third-order valence-electron chi connectivity index (χ3n) is 4.70. The van der Waals surface area contributed by atoms with E-state index in [1.165, 1.54) is 12.1 Å². The Morgan fingerprint density at radius 1 is 1.04 bits per heavy atom. The van der Waals surface area contributed by atoms with E-state index in [9.17, 15) is 18.8 Å². The number of carbonyl (C=O) groups excluding carboxylic acids is 3. The van der Waals surface area contributed by atoms with E-state index in [0.29, 0.717) is 0 Å². The Bertz CT molecular complexity index is 896. The second kappa shape index (κ2) is 7.57. The molecule has 1 saturated heterocycles. The molecule has 7 heteroatoms. The van der Waals surface area contributed by atoms with E-state index in [-0.39, 0.29) is 24.4 Å². The molecule has 140 valence electrons. The summed E-state index contributed by atoms with van der Waals surface area (Å²) in [5.74, 6) is -2.15. The van der Waals surface area contributed by atoms with Gasteiger partial charge in [0.1, 0.15) is 5.82 Å². The van der Waals surface area contributed by atoms with Crippen molar-refractivity contribution in [3.63, 3.8) is 0 Å². The average molecular weight is 369 g/mol. The molecule has 2 aromatic carbocycles. The summed E-state index contributed by atoms with van der Waals surface area (Å²) >= 11 is 0. The van der Waals surface area contributed by atoms with Gasteiger partial charge in [-0.15, -0.1) is 0 Å². The molecule has 1 fully saturated rings. The van der Waals surface area contributed by atoms with E-state index in [1.807, 2.05) is 32.0 Å². The van der Waals surface area contributed by atoms with Crippen LogP contribution in [0.3, 0.4) is 0 Å². The van der Waals surface area contributed by atoms with Crippen LogP contribution < -0.4 is 15.8 Å². The van der Waals surface area contributed by atoms with E-state index >= 15 is 0 Å². The molecule has 27 heavy (non-hydrogen) atoms. The SMILES string of the molecule is Cc1ccc(N2C[C@@H](C(=O)NNC(=O)c3ccc(F)cc3)CC2=O)cc1C. The van der Waals surface area contributed by atoms with Crippen molar-refractivity contribution in [2.24, 2.45) is 5.92 Å². The molecule has 1 aliphatic heterocycles. The highest BCUT2D eigenvalue weighted by molar-refractivity contribution is 6.01. The van der Waals surface area contributed by atoms with Crippen LogP contribution in [0, 0.1) is 25.6 Å². The van der Waals surface area contributed by atoms with Crippen molar-refractivity contribution in [2.75, 3.05) is 11.4 Å². The molecule has 2 aromatic rings. The quantitative estimate of drug-likeness (QED) is 0.815. The predicted octanol–water partition coefficient (Wildman–Crippen LogP) is 2.26. The molecule has 0 unspecified atom stereocenters. The Morgan fingerprint density at radius 3 is 2.41 bits per heavy atom. The van der Waals surface area contributed by atoms with Gasteiger partial charge in [0, 0.05) is 24.2 Å². The van der Waals surface area contributed by atoms with Gasteiger partial charge in [-0.3, -0.25) is 25.2 Å². The van der Waals surface area contributed by atoms with Crippen molar-refractivity contribution in [3.8, 4) is 0 Å². The summed E-state index contributed by atoms with van der Waals surface area (Å²) in [7, 11) is 0. The fraction of sp³-hybridized carbons (Fsp3) is 0.250. The zero-order valence-corrected chi connectivity index (χ0v) is 15.1. The maximum atomic E-state index is 12.9. The number of hydrogen-bond donors (Lipinski definition) is 2. The van der Waals surface area contributed by atoms with Crippen LogP contribution in [0.1, 0.15) is 27.9 Å². The molecule has 0 saturated carbocycles. The molecular weight excluding hydrogens is 349 g/mol. The normalized spacial score (nSPS) is 16.3. The number of benzene rings is 2. The predicted molar refractivity (Wildman–Crippen MR) is 98.4 cm³/mol. The number of hydrogen-bond acceptors (Lipinski definition) is 3. The minimum Gasteiger partial charge on any atom is -0.312 e. The molecule has 0 aromatic heterocycles. The highest BCUT2D eigenvalue weighted by atomic mass is 19.1. The van der Waals surface area contributed by atoms with Gasteiger partial charge in [0.2, 0.25) is 11.8 Å². The molecule has 0 spiro atoms. The van der Waals surface area contributed by atoms with Gasteiger partial charge in [-0.1, -0.05) is 6.07 Å². The summed E-state index contributed by atoms with van der Waals surface area (Å²) in [6, 6.07) is 10.7. The molecule has 6 nitrogen and oxygen atoms in total. The smallest absolute Gasteiger partial charge is 0.269 e. The first-order valence-electron chi connectivity index (χ1n) is 8.58. The lowest BCUT2D eigenvalue weighted by Gasteiger charge is -2.18. The van der Waals surface area contributed by atoms with Crippen molar-refractivity contribution in [2.45, 2.75) is 20.3 Å². The maximum absolute atomic E-state index is 12.9. The lowest BCUT2D eigenvalue weighted by Crippen LogP contribution is -2.45. The van der Waals surface area contributed by atoms with Crippen LogP contribution in [0.4, 0.5) is 10.1 Å². The van der Waals surface area contributed by atoms with Gasteiger partial charge in [0.15, 0.2) is 0 Å².